The van der Waals surface area contributed by atoms with Crippen molar-refractivity contribution >= 4 is 21.6 Å². The number of ether oxygens (including phenoxy) is 1. The Balaban J connectivity index is 1.80. The maximum absolute atomic E-state index is 13.3. The molecule has 0 radical (unpaired) electrons. The molecule has 0 amide bonds. The maximum atomic E-state index is 13.3. The van der Waals surface area contributed by atoms with E-state index >= 15 is 0 Å². The lowest BCUT2D eigenvalue weighted by Crippen LogP contribution is -2.45. The fourth-order valence-electron chi connectivity index (χ4n) is 3.37. The second-order valence-corrected chi connectivity index (χ2v) is 8.91. The highest BCUT2D eigenvalue weighted by Crippen LogP contribution is 2.41. The van der Waals surface area contributed by atoms with Crippen LogP contribution in [0.5, 0.6) is 0 Å². The number of ketones is 1. The first-order chi connectivity index (χ1) is 13.3. The maximum Gasteiger partial charge on any atom is 0.328 e. The fraction of sp³-hybridized carbons (Fsp3) is 0.300. The molecule has 0 heterocycles. The van der Waals surface area contributed by atoms with E-state index in [1.165, 1.54) is 12.1 Å². The highest BCUT2D eigenvalue weighted by molar-refractivity contribution is 7.93. The SMILES string of the molecule is O=C(COC(=O)C1(S(=O)(=O)c2ccccc2)CCCC1)c1ccc(F)c(F)c1. The highest BCUT2D eigenvalue weighted by Gasteiger charge is 2.54. The van der Waals surface area contributed by atoms with E-state index in [1.807, 2.05) is 0 Å². The Bertz CT molecular complexity index is 997. The standard InChI is InChI=1S/C20H18F2O5S/c21-16-9-8-14(12-17(16)22)18(23)13-27-19(24)20(10-4-5-11-20)28(25,26)15-6-2-1-3-7-15/h1-3,6-9,12H,4-5,10-11,13H2. The normalized spacial score (nSPS) is 15.9. The van der Waals surface area contributed by atoms with Crippen LogP contribution in [0.15, 0.2) is 53.4 Å². The van der Waals surface area contributed by atoms with Gasteiger partial charge in [-0.2, -0.15) is 0 Å². The van der Waals surface area contributed by atoms with Gasteiger partial charge in [0.25, 0.3) is 0 Å². The van der Waals surface area contributed by atoms with Crippen LogP contribution in [0.2, 0.25) is 0 Å². The number of halogens is 2. The molecule has 0 aromatic heterocycles. The molecule has 1 aliphatic rings. The molecule has 148 valence electrons. The summed E-state index contributed by atoms with van der Waals surface area (Å²) in [5, 5.41) is 0. The van der Waals surface area contributed by atoms with E-state index in [2.05, 4.69) is 0 Å². The van der Waals surface area contributed by atoms with E-state index < -0.39 is 44.6 Å². The molecule has 1 aliphatic carbocycles. The van der Waals surface area contributed by atoms with Crippen LogP contribution in [0.1, 0.15) is 36.0 Å². The molecule has 8 heteroatoms. The van der Waals surface area contributed by atoms with Gasteiger partial charge in [-0.15, -0.1) is 0 Å². The first kappa shape index (κ1) is 20.1. The third-order valence-electron chi connectivity index (χ3n) is 4.93. The van der Waals surface area contributed by atoms with Crippen LogP contribution < -0.4 is 0 Å². The van der Waals surface area contributed by atoms with Crippen LogP contribution in [-0.2, 0) is 19.4 Å². The van der Waals surface area contributed by atoms with Crippen LogP contribution in [-0.4, -0.2) is 31.5 Å². The van der Waals surface area contributed by atoms with Gasteiger partial charge in [0.1, 0.15) is 0 Å². The summed E-state index contributed by atoms with van der Waals surface area (Å²) in [6.07, 6.45) is 1.28. The summed E-state index contributed by atoms with van der Waals surface area (Å²) in [7, 11) is -4.02. The Labute approximate surface area is 161 Å². The van der Waals surface area contributed by atoms with E-state index in [0.717, 1.165) is 12.1 Å². The van der Waals surface area contributed by atoms with Crippen molar-refractivity contribution < 1.29 is 31.5 Å². The zero-order valence-electron chi connectivity index (χ0n) is 14.9. The lowest BCUT2D eigenvalue weighted by Gasteiger charge is -2.26. The molecule has 0 unspecified atom stereocenters. The number of carbonyl (C=O) groups excluding carboxylic acids is 2. The molecule has 2 aromatic rings. The smallest absolute Gasteiger partial charge is 0.328 e. The van der Waals surface area contributed by atoms with Crippen LogP contribution in [0.4, 0.5) is 8.78 Å². The molecule has 0 saturated heterocycles. The van der Waals surface area contributed by atoms with Crippen molar-refractivity contribution in [3.05, 3.63) is 65.7 Å². The number of rotatable bonds is 6. The Morgan fingerprint density at radius 1 is 0.964 bits per heavy atom. The summed E-state index contributed by atoms with van der Waals surface area (Å²) in [6, 6.07) is 10.2. The highest BCUT2D eigenvalue weighted by atomic mass is 32.2. The van der Waals surface area contributed by atoms with Crippen molar-refractivity contribution in [3.63, 3.8) is 0 Å². The van der Waals surface area contributed by atoms with E-state index in [9.17, 15) is 26.8 Å². The first-order valence-corrected chi connectivity index (χ1v) is 10.2. The zero-order valence-corrected chi connectivity index (χ0v) is 15.7. The molecular formula is C20H18F2O5S. The summed E-state index contributed by atoms with van der Waals surface area (Å²) < 4.78 is 55.8. The molecule has 1 saturated carbocycles. The predicted molar refractivity (Wildman–Crippen MR) is 96.5 cm³/mol. The number of carbonyl (C=O) groups is 2. The summed E-state index contributed by atoms with van der Waals surface area (Å²) in [6.45, 7) is -0.754. The first-order valence-electron chi connectivity index (χ1n) is 8.73. The number of hydrogen-bond acceptors (Lipinski definition) is 5. The third-order valence-corrected chi connectivity index (χ3v) is 7.42. The van der Waals surface area contributed by atoms with Crippen molar-refractivity contribution in [2.75, 3.05) is 6.61 Å². The lowest BCUT2D eigenvalue weighted by atomic mass is 10.1. The minimum Gasteiger partial charge on any atom is -0.456 e. The number of benzene rings is 2. The molecule has 1 fully saturated rings. The van der Waals surface area contributed by atoms with Gasteiger partial charge in [0.2, 0.25) is 0 Å². The van der Waals surface area contributed by atoms with E-state index in [4.69, 9.17) is 4.74 Å². The second kappa shape index (κ2) is 7.79. The molecule has 5 nitrogen and oxygen atoms in total. The molecule has 0 atom stereocenters. The van der Waals surface area contributed by atoms with Crippen LogP contribution in [0.25, 0.3) is 0 Å². The molecule has 0 spiro atoms. The minimum atomic E-state index is -4.02. The van der Waals surface area contributed by atoms with Crippen molar-refractivity contribution in [2.45, 2.75) is 35.3 Å². The fourth-order valence-corrected chi connectivity index (χ4v) is 5.44. The van der Waals surface area contributed by atoms with Crippen molar-refractivity contribution in [1.29, 1.82) is 0 Å². The van der Waals surface area contributed by atoms with Gasteiger partial charge >= 0.3 is 5.97 Å². The van der Waals surface area contributed by atoms with E-state index in [0.29, 0.717) is 18.9 Å². The van der Waals surface area contributed by atoms with Crippen LogP contribution in [0, 0.1) is 11.6 Å². The molecule has 0 N–H and O–H groups in total. The van der Waals surface area contributed by atoms with E-state index in [1.54, 1.807) is 18.2 Å². The summed E-state index contributed by atoms with van der Waals surface area (Å²) in [4.78, 5) is 24.9. The number of sulfone groups is 1. The molecule has 2 aromatic carbocycles. The Hall–Kier alpha value is -2.61. The van der Waals surface area contributed by atoms with E-state index in [-0.39, 0.29) is 23.3 Å². The lowest BCUT2D eigenvalue weighted by molar-refractivity contribution is -0.145. The summed E-state index contributed by atoms with van der Waals surface area (Å²) >= 11 is 0. The van der Waals surface area contributed by atoms with Crippen LogP contribution in [0.3, 0.4) is 0 Å². The molecular weight excluding hydrogens is 390 g/mol. The van der Waals surface area contributed by atoms with Crippen molar-refractivity contribution in [2.24, 2.45) is 0 Å². The third kappa shape index (κ3) is 3.56. The number of esters is 1. The van der Waals surface area contributed by atoms with Gasteiger partial charge in [0.05, 0.1) is 4.90 Å². The summed E-state index contributed by atoms with van der Waals surface area (Å²) in [5.74, 6) is -4.05. The Morgan fingerprint density at radius 2 is 1.61 bits per heavy atom. The second-order valence-electron chi connectivity index (χ2n) is 6.65. The topological polar surface area (TPSA) is 77.5 Å². The minimum absolute atomic E-state index is 0.0146. The molecule has 0 bridgehead atoms. The monoisotopic (exact) mass is 408 g/mol. The predicted octanol–water partition coefficient (Wildman–Crippen LogP) is 3.48. The van der Waals surface area contributed by atoms with Gasteiger partial charge in [-0.3, -0.25) is 9.59 Å². The molecule has 28 heavy (non-hydrogen) atoms. The zero-order chi connectivity index (χ0) is 20.4. The van der Waals surface area contributed by atoms with Gasteiger partial charge in [-0.1, -0.05) is 31.0 Å². The van der Waals surface area contributed by atoms with Crippen molar-refractivity contribution in [3.8, 4) is 0 Å². The summed E-state index contributed by atoms with van der Waals surface area (Å²) in [5.41, 5.74) is -0.168. The number of hydrogen-bond donors (Lipinski definition) is 0. The average Bonchev–Trinajstić information content (AvgIpc) is 3.20. The van der Waals surface area contributed by atoms with Gasteiger partial charge in [0.15, 0.2) is 38.6 Å². The largest absolute Gasteiger partial charge is 0.456 e. The quantitative estimate of drug-likeness (QED) is 0.540. The van der Waals surface area contributed by atoms with Gasteiger partial charge in [-0.25, -0.2) is 17.2 Å². The average molecular weight is 408 g/mol. The van der Waals surface area contributed by atoms with Gasteiger partial charge in [-0.05, 0) is 43.2 Å². The Kier molecular flexibility index (Phi) is 5.60. The number of Topliss-reactive ketones (excluding diaryl/α,β-unsaturated/α-hetero) is 1. The Morgan fingerprint density at radius 3 is 2.21 bits per heavy atom. The molecule has 0 aliphatic heterocycles. The van der Waals surface area contributed by atoms with Gasteiger partial charge in [0, 0.05) is 5.56 Å². The van der Waals surface area contributed by atoms with Gasteiger partial charge < -0.3 is 4.74 Å². The van der Waals surface area contributed by atoms with Crippen molar-refractivity contribution in [1.82, 2.24) is 0 Å². The van der Waals surface area contributed by atoms with Crippen LogP contribution >= 0.6 is 0 Å². The molecule has 3 rings (SSSR count).